The third kappa shape index (κ3) is 52.6. The summed E-state index contributed by atoms with van der Waals surface area (Å²) in [6, 6.07) is 0. The Morgan fingerprint density at radius 3 is 1.28 bits per heavy atom. The maximum atomic E-state index is 12.7. The maximum absolute atomic E-state index is 12.7. The van der Waals surface area contributed by atoms with E-state index in [4.69, 9.17) is 18.5 Å². The van der Waals surface area contributed by atoms with Gasteiger partial charge in [-0.1, -0.05) is 202 Å². The largest absolute Gasteiger partial charge is 0.756 e. The number of likely N-dealkylation sites (N-methyl/N-ethyl adjacent to an activating group) is 1. The fraction of sp³-hybridized carbons (Fsp3) is 0.724. The Labute approximate surface area is 418 Å². The molecule has 0 rings (SSSR count). The standard InChI is InChI=1S/C58H102NO8P/c1-6-8-10-12-14-16-18-20-22-23-24-25-26-27-28-29-30-31-32-33-34-35-37-38-40-42-44-46-48-50-57(60)64-54-56(55-66-68(62,63)65-53-52-59(3,4)5)67-58(61)51-49-47-45-43-41-39-36-21-19-17-15-13-11-9-7-2/h9,11,15,17-18,20-21,23-24,26-27,36,41,43,56H,6-8,10,12-14,16,19,22,25,28-35,37-40,42,44-55H2,1-5H3/b11-9-,17-15-,20-18-,24-23-,27-26-,36-21-,43-41-. The van der Waals surface area contributed by atoms with E-state index < -0.39 is 32.5 Å². The van der Waals surface area contributed by atoms with Crippen LogP contribution in [0, 0.1) is 0 Å². The highest BCUT2D eigenvalue weighted by Gasteiger charge is 2.21. The van der Waals surface area contributed by atoms with Crippen LogP contribution in [-0.2, 0) is 32.7 Å². The summed E-state index contributed by atoms with van der Waals surface area (Å²) < 4.78 is 34.0. The molecule has 0 bridgehead atoms. The lowest BCUT2D eigenvalue weighted by Crippen LogP contribution is -2.37. The third-order valence-corrected chi connectivity index (χ3v) is 12.4. The van der Waals surface area contributed by atoms with E-state index in [2.05, 4.69) is 98.9 Å². The second kappa shape index (κ2) is 49.2. The zero-order chi connectivity index (χ0) is 49.9. The average molecular weight is 972 g/mol. The van der Waals surface area contributed by atoms with Crippen molar-refractivity contribution < 1.29 is 42.1 Å². The smallest absolute Gasteiger partial charge is 0.306 e. The van der Waals surface area contributed by atoms with E-state index in [1.807, 2.05) is 21.1 Å². The number of nitrogens with zero attached hydrogens (tertiary/aromatic N) is 1. The van der Waals surface area contributed by atoms with Gasteiger partial charge >= 0.3 is 11.9 Å². The van der Waals surface area contributed by atoms with Crippen molar-refractivity contribution in [3.05, 3.63) is 85.1 Å². The van der Waals surface area contributed by atoms with Gasteiger partial charge in [0.15, 0.2) is 6.10 Å². The zero-order valence-corrected chi connectivity index (χ0v) is 45.2. The van der Waals surface area contributed by atoms with Crippen LogP contribution in [-0.4, -0.2) is 70.0 Å². The number of quaternary nitrogens is 1. The highest BCUT2D eigenvalue weighted by Crippen LogP contribution is 2.38. The Morgan fingerprint density at radius 1 is 0.471 bits per heavy atom. The van der Waals surface area contributed by atoms with Crippen LogP contribution in [0.25, 0.3) is 0 Å². The van der Waals surface area contributed by atoms with Crippen LogP contribution in [0.4, 0.5) is 0 Å². The van der Waals surface area contributed by atoms with E-state index in [-0.39, 0.29) is 26.1 Å². The van der Waals surface area contributed by atoms with Crippen LogP contribution in [0.1, 0.15) is 219 Å². The Kier molecular flexibility index (Phi) is 47.2. The van der Waals surface area contributed by atoms with E-state index >= 15 is 0 Å². The molecule has 0 aromatic rings. The van der Waals surface area contributed by atoms with Crippen molar-refractivity contribution in [3.63, 3.8) is 0 Å². The van der Waals surface area contributed by atoms with Crippen LogP contribution in [0.5, 0.6) is 0 Å². The molecule has 0 aliphatic rings. The first-order valence-corrected chi connectivity index (χ1v) is 28.8. The van der Waals surface area contributed by atoms with Crippen LogP contribution in [0.3, 0.4) is 0 Å². The lowest BCUT2D eigenvalue weighted by molar-refractivity contribution is -0.870. The van der Waals surface area contributed by atoms with Gasteiger partial charge in [0.25, 0.3) is 7.82 Å². The minimum atomic E-state index is -4.65. The van der Waals surface area contributed by atoms with Crippen molar-refractivity contribution in [2.24, 2.45) is 0 Å². The van der Waals surface area contributed by atoms with Crippen molar-refractivity contribution >= 4 is 19.8 Å². The molecular formula is C58H102NO8P. The molecule has 0 saturated heterocycles. The molecule has 9 nitrogen and oxygen atoms in total. The van der Waals surface area contributed by atoms with E-state index in [0.717, 1.165) is 70.6 Å². The van der Waals surface area contributed by atoms with Gasteiger partial charge in [-0.3, -0.25) is 14.2 Å². The van der Waals surface area contributed by atoms with Crippen molar-refractivity contribution in [3.8, 4) is 0 Å². The number of phosphoric ester groups is 1. The predicted molar refractivity (Wildman–Crippen MR) is 286 cm³/mol. The quantitative estimate of drug-likeness (QED) is 0.0195. The molecule has 2 atom stereocenters. The fourth-order valence-corrected chi connectivity index (χ4v) is 7.91. The number of hydrogen-bond donors (Lipinski definition) is 0. The van der Waals surface area contributed by atoms with Gasteiger partial charge in [0.05, 0.1) is 27.7 Å². The zero-order valence-electron chi connectivity index (χ0n) is 44.3. The first-order chi connectivity index (χ1) is 33.0. The molecule has 0 amide bonds. The molecule has 2 unspecified atom stereocenters. The fourth-order valence-electron chi connectivity index (χ4n) is 7.18. The van der Waals surface area contributed by atoms with Crippen LogP contribution >= 0.6 is 7.82 Å². The van der Waals surface area contributed by atoms with E-state index in [1.165, 1.54) is 116 Å². The number of hydrogen-bond acceptors (Lipinski definition) is 8. The first kappa shape index (κ1) is 65.2. The topological polar surface area (TPSA) is 111 Å². The Hall–Kier alpha value is -2.81. The number of unbranched alkanes of at least 4 members (excludes halogenated alkanes) is 21. The minimum Gasteiger partial charge on any atom is -0.756 e. The third-order valence-electron chi connectivity index (χ3n) is 11.4. The molecule has 0 spiro atoms. The Bertz CT molecular complexity index is 1420. The molecule has 0 N–H and O–H groups in total. The predicted octanol–water partition coefficient (Wildman–Crippen LogP) is 16.1. The summed E-state index contributed by atoms with van der Waals surface area (Å²) in [4.78, 5) is 37.7. The molecule has 392 valence electrons. The number of carbonyl (C=O) groups excluding carboxylic acids is 2. The van der Waals surface area contributed by atoms with Gasteiger partial charge in [-0.2, -0.15) is 0 Å². The van der Waals surface area contributed by atoms with E-state index in [0.29, 0.717) is 17.4 Å². The number of rotatable bonds is 49. The lowest BCUT2D eigenvalue weighted by Gasteiger charge is -2.28. The summed E-state index contributed by atoms with van der Waals surface area (Å²) in [6.07, 6.45) is 65.0. The van der Waals surface area contributed by atoms with Gasteiger partial charge in [-0.15, -0.1) is 0 Å². The molecule has 10 heteroatoms. The molecular weight excluding hydrogens is 870 g/mol. The first-order valence-electron chi connectivity index (χ1n) is 27.3. The lowest BCUT2D eigenvalue weighted by atomic mass is 10.0. The average Bonchev–Trinajstić information content (AvgIpc) is 3.30. The number of ether oxygens (including phenoxy) is 2. The Balaban J connectivity index is 4.16. The van der Waals surface area contributed by atoms with Crippen LogP contribution in [0.15, 0.2) is 85.1 Å². The summed E-state index contributed by atoms with van der Waals surface area (Å²) in [5, 5.41) is 0. The summed E-state index contributed by atoms with van der Waals surface area (Å²) in [5.74, 6) is -0.885. The molecule has 0 saturated carbocycles. The molecule has 0 aromatic heterocycles. The molecule has 68 heavy (non-hydrogen) atoms. The molecule has 0 fully saturated rings. The summed E-state index contributed by atoms with van der Waals surface area (Å²) >= 11 is 0. The SMILES string of the molecule is CC/C=C\C/C=C\C/C=C\C/C=C\CCCCC(=O)OC(COC(=O)CCCCCCCCCCCCCCCC/C=C\C/C=C\C/C=C\CCCCCCC)COP(=O)([O-])OCC[N+](C)(C)C. The number of carbonyl (C=O) groups is 2. The number of allylic oxidation sites excluding steroid dienone is 14. The van der Waals surface area contributed by atoms with Crippen molar-refractivity contribution in [1.29, 1.82) is 0 Å². The summed E-state index contributed by atoms with van der Waals surface area (Å²) in [7, 11) is 1.13. The van der Waals surface area contributed by atoms with Gasteiger partial charge in [0.2, 0.25) is 0 Å². The van der Waals surface area contributed by atoms with Crippen molar-refractivity contribution in [1.82, 2.24) is 0 Å². The van der Waals surface area contributed by atoms with Gasteiger partial charge in [0.1, 0.15) is 19.8 Å². The van der Waals surface area contributed by atoms with Gasteiger partial charge < -0.3 is 27.9 Å². The van der Waals surface area contributed by atoms with Gasteiger partial charge in [0, 0.05) is 12.8 Å². The normalized spacial score (nSPS) is 14.0. The van der Waals surface area contributed by atoms with Crippen molar-refractivity contribution in [2.45, 2.75) is 225 Å². The molecule has 0 heterocycles. The molecule has 0 radical (unpaired) electrons. The highest BCUT2D eigenvalue weighted by atomic mass is 31.2. The van der Waals surface area contributed by atoms with Crippen LogP contribution in [0.2, 0.25) is 0 Å². The Morgan fingerprint density at radius 2 is 0.838 bits per heavy atom. The van der Waals surface area contributed by atoms with E-state index in [1.54, 1.807) is 0 Å². The van der Waals surface area contributed by atoms with Crippen LogP contribution < -0.4 is 4.89 Å². The minimum absolute atomic E-state index is 0.0425. The molecule has 0 aliphatic carbocycles. The van der Waals surface area contributed by atoms with E-state index in [9.17, 15) is 19.0 Å². The monoisotopic (exact) mass is 972 g/mol. The second-order valence-corrected chi connectivity index (χ2v) is 20.6. The molecule has 0 aliphatic heterocycles. The summed E-state index contributed by atoms with van der Waals surface area (Å²) in [6.45, 7) is 4.05. The van der Waals surface area contributed by atoms with Gasteiger partial charge in [-0.25, -0.2) is 0 Å². The van der Waals surface area contributed by atoms with Crippen molar-refractivity contribution in [2.75, 3.05) is 47.5 Å². The number of phosphoric acid groups is 1. The maximum Gasteiger partial charge on any atom is 0.306 e. The van der Waals surface area contributed by atoms with Gasteiger partial charge in [-0.05, 0) is 89.9 Å². The number of esters is 2. The molecule has 0 aromatic carbocycles. The highest BCUT2D eigenvalue weighted by molar-refractivity contribution is 7.45. The second-order valence-electron chi connectivity index (χ2n) is 19.2. The summed E-state index contributed by atoms with van der Waals surface area (Å²) in [5.41, 5.74) is 0.